The summed E-state index contributed by atoms with van der Waals surface area (Å²) in [6.07, 6.45) is 0.712. The number of aryl methyl sites for hydroxylation is 1. The van der Waals surface area contributed by atoms with Crippen molar-refractivity contribution in [1.82, 2.24) is 15.0 Å². The molecule has 0 fully saturated rings. The fourth-order valence-corrected chi connectivity index (χ4v) is 2.06. The molecule has 0 bridgehead atoms. The van der Waals surface area contributed by atoms with E-state index in [-0.39, 0.29) is 11.6 Å². The van der Waals surface area contributed by atoms with Crippen molar-refractivity contribution in [3.8, 4) is 0 Å². The molecule has 1 atom stereocenters. The van der Waals surface area contributed by atoms with Crippen LogP contribution < -0.4 is 5.73 Å². The summed E-state index contributed by atoms with van der Waals surface area (Å²) in [6, 6.07) is -0.144. The van der Waals surface area contributed by atoms with E-state index in [0.29, 0.717) is 11.0 Å². The van der Waals surface area contributed by atoms with Crippen molar-refractivity contribution in [3.63, 3.8) is 0 Å². The molecule has 0 spiro atoms. The molecule has 0 saturated heterocycles. The van der Waals surface area contributed by atoms with Gasteiger partial charge in [0.25, 0.3) is 0 Å². The molecule has 0 radical (unpaired) electrons. The number of halogens is 1. The maximum absolute atomic E-state index is 6.09. The minimum atomic E-state index is -0.247. The van der Waals surface area contributed by atoms with Gasteiger partial charge in [-0.2, -0.15) is 0 Å². The first-order valence-electron chi connectivity index (χ1n) is 4.73. The van der Waals surface area contributed by atoms with Crippen molar-refractivity contribution in [2.75, 3.05) is 7.11 Å². The van der Waals surface area contributed by atoms with Crippen LogP contribution in [0.15, 0.2) is 4.60 Å². The van der Waals surface area contributed by atoms with E-state index in [1.54, 1.807) is 11.8 Å². The lowest BCUT2D eigenvalue weighted by Crippen LogP contribution is -2.29. The highest BCUT2D eigenvalue weighted by Crippen LogP contribution is 2.27. The van der Waals surface area contributed by atoms with Crippen LogP contribution in [0, 0.1) is 0 Å². The van der Waals surface area contributed by atoms with Gasteiger partial charge in [0, 0.05) is 14.2 Å². The smallest absolute Gasteiger partial charge is 0.153 e. The molecule has 1 heterocycles. The first-order valence-corrected chi connectivity index (χ1v) is 5.52. The van der Waals surface area contributed by atoms with Crippen LogP contribution in [0.5, 0.6) is 0 Å². The standard InChI is InChI=1S/C9H17BrN4O/c1-9(2,15-4)5-6(11)7-8(10)12-13-14(7)3/h6H,5,11H2,1-4H3. The third-order valence-electron chi connectivity index (χ3n) is 2.44. The van der Waals surface area contributed by atoms with Crippen LogP contribution in [0.2, 0.25) is 0 Å². The van der Waals surface area contributed by atoms with Gasteiger partial charge in [-0.25, -0.2) is 4.68 Å². The minimum Gasteiger partial charge on any atom is -0.379 e. The highest BCUT2D eigenvalue weighted by atomic mass is 79.9. The minimum absolute atomic E-state index is 0.144. The first kappa shape index (κ1) is 12.6. The molecule has 0 aliphatic rings. The van der Waals surface area contributed by atoms with Crippen LogP contribution >= 0.6 is 15.9 Å². The molecule has 1 rings (SSSR count). The van der Waals surface area contributed by atoms with Crippen molar-refractivity contribution in [2.24, 2.45) is 12.8 Å². The van der Waals surface area contributed by atoms with Crippen LogP contribution in [-0.2, 0) is 11.8 Å². The Morgan fingerprint density at radius 2 is 2.20 bits per heavy atom. The molecule has 6 heteroatoms. The van der Waals surface area contributed by atoms with Gasteiger partial charge in [-0.05, 0) is 36.2 Å². The molecule has 15 heavy (non-hydrogen) atoms. The normalized spacial score (nSPS) is 14.3. The van der Waals surface area contributed by atoms with Gasteiger partial charge < -0.3 is 10.5 Å². The van der Waals surface area contributed by atoms with Gasteiger partial charge in [0.05, 0.1) is 17.3 Å². The average Bonchev–Trinajstić information content (AvgIpc) is 2.45. The molecular weight excluding hydrogens is 260 g/mol. The van der Waals surface area contributed by atoms with Gasteiger partial charge in [-0.15, -0.1) is 5.10 Å². The lowest BCUT2D eigenvalue weighted by Gasteiger charge is -2.26. The Kier molecular flexibility index (Phi) is 3.86. The lowest BCUT2D eigenvalue weighted by molar-refractivity contribution is 0.00937. The summed E-state index contributed by atoms with van der Waals surface area (Å²) in [4.78, 5) is 0. The van der Waals surface area contributed by atoms with Crippen molar-refractivity contribution >= 4 is 15.9 Å². The van der Waals surface area contributed by atoms with E-state index in [4.69, 9.17) is 10.5 Å². The Morgan fingerprint density at radius 3 is 2.60 bits per heavy atom. The molecule has 0 aromatic carbocycles. The quantitative estimate of drug-likeness (QED) is 0.903. The molecule has 1 aromatic heterocycles. The highest BCUT2D eigenvalue weighted by Gasteiger charge is 2.25. The topological polar surface area (TPSA) is 66.0 Å². The molecule has 0 aliphatic heterocycles. The van der Waals surface area contributed by atoms with Crippen LogP contribution in [-0.4, -0.2) is 27.7 Å². The van der Waals surface area contributed by atoms with Crippen LogP contribution in [0.3, 0.4) is 0 Å². The maximum Gasteiger partial charge on any atom is 0.153 e. The van der Waals surface area contributed by atoms with Crippen molar-refractivity contribution < 1.29 is 4.74 Å². The summed E-state index contributed by atoms with van der Waals surface area (Å²) >= 11 is 3.33. The predicted octanol–water partition coefficient (Wildman–Crippen LogP) is 1.39. The fraction of sp³-hybridized carbons (Fsp3) is 0.778. The van der Waals surface area contributed by atoms with Crippen LogP contribution in [0.1, 0.15) is 32.0 Å². The molecule has 1 unspecified atom stereocenters. The SMILES string of the molecule is COC(C)(C)CC(N)c1c(Br)nnn1C. The van der Waals surface area contributed by atoms with Crippen LogP contribution in [0.25, 0.3) is 0 Å². The van der Waals surface area contributed by atoms with Gasteiger partial charge in [0.15, 0.2) is 4.60 Å². The van der Waals surface area contributed by atoms with Gasteiger partial charge in [0.2, 0.25) is 0 Å². The summed E-state index contributed by atoms with van der Waals surface area (Å²) in [5.74, 6) is 0. The maximum atomic E-state index is 6.09. The highest BCUT2D eigenvalue weighted by molar-refractivity contribution is 9.10. The third-order valence-corrected chi connectivity index (χ3v) is 3.01. The zero-order chi connectivity index (χ0) is 11.6. The second-order valence-corrected chi connectivity index (χ2v) is 4.91. The molecule has 86 valence electrons. The number of nitrogens with two attached hydrogens (primary N) is 1. The Bertz CT molecular complexity index is 317. The Labute approximate surface area is 98.1 Å². The van der Waals surface area contributed by atoms with Crippen molar-refractivity contribution in [2.45, 2.75) is 31.9 Å². The van der Waals surface area contributed by atoms with E-state index in [9.17, 15) is 0 Å². The number of rotatable bonds is 4. The zero-order valence-corrected chi connectivity index (χ0v) is 11.1. The van der Waals surface area contributed by atoms with Crippen molar-refractivity contribution in [1.29, 1.82) is 0 Å². The summed E-state index contributed by atoms with van der Waals surface area (Å²) in [7, 11) is 3.51. The Hall–Kier alpha value is -0.460. The molecular formula is C9H17BrN4O. The Balaban J connectivity index is 2.82. The summed E-state index contributed by atoms with van der Waals surface area (Å²) in [5, 5.41) is 7.79. The summed E-state index contributed by atoms with van der Waals surface area (Å²) in [6.45, 7) is 4.01. The third kappa shape index (κ3) is 2.99. The lowest BCUT2D eigenvalue weighted by atomic mass is 9.97. The average molecular weight is 277 g/mol. The van der Waals surface area contributed by atoms with Gasteiger partial charge in [-0.1, -0.05) is 5.21 Å². The molecule has 0 aliphatic carbocycles. The second kappa shape index (κ2) is 4.59. The summed E-state index contributed by atoms with van der Waals surface area (Å²) < 4.78 is 7.72. The molecule has 5 nitrogen and oxygen atoms in total. The monoisotopic (exact) mass is 276 g/mol. The van der Waals surface area contributed by atoms with Gasteiger partial charge in [-0.3, -0.25) is 0 Å². The molecule has 0 saturated carbocycles. The zero-order valence-electron chi connectivity index (χ0n) is 9.49. The van der Waals surface area contributed by atoms with E-state index < -0.39 is 0 Å². The predicted molar refractivity (Wildman–Crippen MR) is 61.3 cm³/mol. The molecule has 1 aromatic rings. The van der Waals surface area contributed by atoms with E-state index in [1.807, 2.05) is 20.9 Å². The first-order chi connectivity index (χ1) is 6.87. The number of hydrogen-bond acceptors (Lipinski definition) is 4. The second-order valence-electron chi connectivity index (χ2n) is 4.16. The fourth-order valence-electron chi connectivity index (χ4n) is 1.44. The van der Waals surface area contributed by atoms with Gasteiger partial charge >= 0.3 is 0 Å². The van der Waals surface area contributed by atoms with E-state index in [0.717, 1.165) is 5.69 Å². The Morgan fingerprint density at radius 1 is 1.60 bits per heavy atom. The number of methoxy groups -OCH3 is 1. The molecule has 2 N–H and O–H groups in total. The molecule has 0 amide bonds. The largest absolute Gasteiger partial charge is 0.379 e. The van der Waals surface area contributed by atoms with Crippen LogP contribution in [0.4, 0.5) is 0 Å². The summed E-state index contributed by atoms with van der Waals surface area (Å²) in [5.41, 5.74) is 6.73. The van der Waals surface area contributed by atoms with E-state index in [2.05, 4.69) is 26.2 Å². The number of ether oxygens (including phenoxy) is 1. The number of aromatic nitrogens is 3. The van der Waals surface area contributed by atoms with Gasteiger partial charge in [0.1, 0.15) is 0 Å². The van der Waals surface area contributed by atoms with E-state index >= 15 is 0 Å². The number of hydrogen-bond donors (Lipinski definition) is 1. The van der Waals surface area contributed by atoms with E-state index in [1.165, 1.54) is 0 Å². The van der Waals surface area contributed by atoms with Crippen molar-refractivity contribution in [3.05, 3.63) is 10.3 Å². The number of nitrogens with zero attached hydrogens (tertiary/aromatic N) is 3.